The molecule has 0 amide bonds. The zero-order chi connectivity index (χ0) is 15.2. The van der Waals surface area contributed by atoms with Gasteiger partial charge in [-0.3, -0.25) is 4.79 Å². The summed E-state index contributed by atoms with van der Waals surface area (Å²) in [5, 5.41) is 26.1. The molecule has 0 radical (unpaired) electrons. The number of nitrogens with one attached hydrogen (secondary N) is 1. The molecule has 0 saturated carbocycles. The van der Waals surface area contributed by atoms with Gasteiger partial charge in [0.15, 0.2) is 0 Å². The monoisotopic (exact) mass is 298 g/mol. The van der Waals surface area contributed by atoms with E-state index < -0.39 is 28.6 Å². The number of benzene rings is 1. The van der Waals surface area contributed by atoms with Crippen LogP contribution in [0.5, 0.6) is 0 Å². The summed E-state index contributed by atoms with van der Waals surface area (Å²) in [6.45, 7) is -0.444. The Morgan fingerprint density at radius 3 is 2.40 bits per heavy atom. The lowest BCUT2D eigenvalue weighted by molar-refractivity contribution is -0.139. The van der Waals surface area contributed by atoms with E-state index in [1.807, 2.05) is 10.8 Å². The summed E-state index contributed by atoms with van der Waals surface area (Å²) in [6, 6.07) is 6.12. The first-order chi connectivity index (χ1) is 9.40. The topological polar surface area (TPSA) is 127 Å². The van der Waals surface area contributed by atoms with Gasteiger partial charge >= 0.3 is 5.97 Å². The lowest BCUT2D eigenvalue weighted by Gasteiger charge is -2.13. The van der Waals surface area contributed by atoms with E-state index in [9.17, 15) is 13.2 Å². The van der Waals surface area contributed by atoms with E-state index in [2.05, 4.69) is 0 Å². The maximum absolute atomic E-state index is 12.0. The molecule has 1 unspecified atom stereocenters. The van der Waals surface area contributed by atoms with Crippen molar-refractivity contribution in [3.8, 4) is 6.07 Å². The third-order valence-electron chi connectivity index (χ3n) is 2.53. The highest BCUT2D eigenvalue weighted by molar-refractivity contribution is 7.89. The molecule has 0 aliphatic carbocycles. The lowest BCUT2D eigenvalue weighted by atomic mass is 10.2. The normalized spacial score (nSPS) is 12.6. The third kappa shape index (κ3) is 4.31. The van der Waals surface area contributed by atoms with E-state index in [-0.39, 0.29) is 17.7 Å². The van der Waals surface area contributed by atoms with Crippen LogP contribution in [-0.2, 0) is 21.2 Å². The minimum Gasteiger partial charge on any atom is -0.480 e. The van der Waals surface area contributed by atoms with Gasteiger partial charge in [-0.2, -0.15) is 9.98 Å². The van der Waals surface area contributed by atoms with Gasteiger partial charge in [-0.05, 0) is 24.1 Å². The van der Waals surface area contributed by atoms with Crippen LogP contribution in [-0.4, -0.2) is 37.2 Å². The number of rotatable bonds is 7. The molecule has 7 nitrogen and oxygen atoms in total. The SMILES string of the molecule is N#CCc1ccc(S(=O)(=O)NC(CCO)C(=O)O)cc1. The van der Waals surface area contributed by atoms with Crippen molar-refractivity contribution in [2.45, 2.75) is 23.8 Å². The second-order valence-electron chi connectivity index (χ2n) is 4.00. The summed E-state index contributed by atoms with van der Waals surface area (Å²) in [5.41, 5.74) is 0.664. The van der Waals surface area contributed by atoms with Crippen molar-refractivity contribution >= 4 is 16.0 Å². The Kier molecular flexibility index (Phi) is 5.64. The van der Waals surface area contributed by atoms with Crippen molar-refractivity contribution in [1.29, 1.82) is 5.26 Å². The van der Waals surface area contributed by atoms with Gasteiger partial charge in [-0.1, -0.05) is 12.1 Å². The molecule has 1 rings (SSSR count). The first kappa shape index (κ1) is 16.1. The second kappa shape index (κ2) is 7.00. The van der Waals surface area contributed by atoms with Crippen LogP contribution in [0.2, 0.25) is 0 Å². The molecule has 20 heavy (non-hydrogen) atoms. The molecule has 0 saturated heterocycles. The fraction of sp³-hybridized carbons (Fsp3) is 0.333. The summed E-state index contributed by atoms with van der Waals surface area (Å²) in [6.07, 6.45) is -0.0584. The van der Waals surface area contributed by atoms with Gasteiger partial charge in [0.1, 0.15) is 6.04 Å². The van der Waals surface area contributed by atoms with Crippen molar-refractivity contribution in [3.63, 3.8) is 0 Å². The molecule has 108 valence electrons. The average Bonchev–Trinajstić information content (AvgIpc) is 2.39. The molecule has 0 spiro atoms. The number of aliphatic hydroxyl groups excluding tert-OH is 1. The van der Waals surface area contributed by atoms with Gasteiger partial charge in [-0.15, -0.1) is 0 Å². The fourth-order valence-corrected chi connectivity index (χ4v) is 2.72. The number of aliphatic carboxylic acids is 1. The number of hydrogen-bond acceptors (Lipinski definition) is 5. The molecular formula is C12H14N2O5S. The molecule has 0 bridgehead atoms. The summed E-state index contributed by atoms with van der Waals surface area (Å²) in [7, 11) is -3.98. The predicted molar refractivity (Wildman–Crippen MR) is 69.2 cm³/mol. The highest BCUT2D eigenvalue weighted by Gasteiger charge is 2.24. The number of nitriles is 1. The highest BCUT2D eigenvalue weighted by atomic mass is 32.2. The molecule has 1 aromatic rings. The number of nitrogens with zero attached hydrogens (tertiary/aromatic N) is 1. The van der Waals surface area contributed by atoms with Crippen molar-refractivity contribution in [1.82, 2.24) is 4.72 Å². The number of carboxylic acid groups (broad SMARTS) is 1. The number of carbonyl (C=O) groups is 1. The highest BCUT2D eigenvalue weighted by Crippen LogP contribution is 2.12. The first-order valence-corrected chi connectivity index (χ1v) is 7.21. The molecular weight excluding hydrogens is 284 g/mol. The van der Waals surface area contributed by atoms with Crippen LogP contribution in [0.1, 0.15) is 12.0 Å². The Morgan fingerprint density at radius 1 is 1.35 bits per heavy atom. The van der Waals surface area contributed by atoms with Gasteiger partial charge in [0.05, 0.1) is 17.4 Å². The van der Waals surface area contributed by atoms with Crippen LogP contribution in [0.4, 0.5) is 0 Å². The molecule has 0 aromatic heterocycles. The molecule has 1 aromatic carbocycles. The second-order valence-corrected chi connectivity index (χ2v) is 5.72. The van der Waals surface area contributed by atoms with Crippen LogP contribution >= 0.6 is 0 Å². The first-order valence-electron chi connectivity index (χ1n) is 5.72. The largest absolute Gasteiger partial charge is 0.480 e. The zero-order valence-corrected chi connectivity index (χ0v) is 11.3. The van der Waals surface area contributed by atoms with Crippen LogP contribution in [0.15, 0.2) is 29.2 Å². The van der Waals surface area contributed by atoms with Crippen molar-refractivity contribution in [3.05, 3.63) is 29.8 Å². The molecule has 0 fully saturated rings. The summed E-state index contributed by atoms with van der Waals surface area (Å²) >= 11 is 0. The van der Waals surface area contributed by atoms with E-state index >= 15 is 0 Å². The van der Waals surface area contributed by atoms with Crippen LogP contribution in [0.25, 0.3) is 0 Å². The van der Waals surface area contributed by atoms with Crippen molar-refractivity contribution in [2.24, 2.45) is 0 Å². The van der Waals surface area contributed by atoms with Gasteiger partial charge < -0.3 is 10.2 Å². The van der Waals surface area contributed by atoms with E-state index in [1.54, 1.807) is 0 Å². The van der Waals surface area contributed by atoms with Gasteiger partial charge in [0.2, 0.25) is 10.0 Å². The number of sulfonamides is 1. The Morgan fingerprint density at radius 2 is 1.95 bits per heavy atom. The maximum Gasteiger partial charge on any atom is 0.321 e. The van der Waals surface area contributed by atoms with Crippen molar-refractivity contribution in [2.75, 3.05) is 6.61 Å². The quantitative estimate of drug-likeness (QED) is 0.643. The van der Waals surface area contributed by atoms with E-state index in [1.165, 1.54) is 24.3 Å². The van der Waals surface area contributed by atoms with E-state index in [0.29, 0.717) is 5.56 Å². The van der Waals surface area contributed by atoms with Crippen LogP contribution < -0.4 is 4.72 Å². The third-order valence-corrected chi connectivity index (χ3v) is 4.02. The average molecular weight is 298 g/mol. The number of hydrogen-bond donors (Lipinski definition) is 3. The minimum atomic E-state index is -3.98. The Labute approximate surface area is 116 Å². The summed E-state index contributed by atoms with van der Waals surface area (Å²) in [4.78, 5) is 10.8. The molecule has 0 heterocycles. The predicted octanol–water partition coefficient (Wildman–Crippen LogP) is -0.133. The van der Waals surface area contributed by atoms with Gasteiger partial charge in [0.25, 0.3) is 0 Å². The fourth-order valence-electron chi connectivity index (χ4n) is 1.49. The lowest BCUT2D eigenvalue weighted by Crippen LogP contribution is -2.41. The maximum atomic E-state index is 12.0. The Bertz CT molecular complexity index is 604. The Hall–Kier alpha value is -1.95. The summed E-state index contributed by atoms with van der Waals surface area (Å²) in [5.74, 6) is -1.36. The van der Waals surface area contributed by atoms with Gasteiger partial charge in [0, 0.05) is 6.61 Å². The minimum absolute atomic E-state index is 0.0941. The number of carboxylic acids is 1. The smallest absolute Gasteiger partial charge is 0.321 e. The molecule has 3 N–H and O–H groups in total. The number of aliphatic hydroxyl groups is 1. The van der Waals surface area contributed by atoms with Gasteiger partial charge in [-0.25, -0.2) is 8.42 Å². The molecule has 8 heteroatoms. The van der Waals surface area contributed by atoms with Crippen LogP contribution in [0.3, 0.4) is 0 Å². The molecule has 0 aliphatic heterocycles. The molecule has 0 aliphatic rings. The summed E-state index contributed by atoms with van der Waals surface area (Å²) < 4.78 is 25.9. The zero-order valence-electron chi connectivity index (χ0n) is 10.5. The molecule has 1 atom stereocenters. The van der Waals surface area contributed by atoms with Crippen molar-refractivity contribution < 1.29 is 23.4 Å². The standard InChI is InChI=1S/C12H14N2O5S/c13-7-5-9-1-3-10(4-2-9)20(18,19)14-11(6-8-15)12(16)17/h1-4,11,14-15H,5-6,8H2,(H,16,17). The Balaban J connectivity index is 2.92. The van der Waals surface area contributed by atoms with Crippen LogP contribution in [0, 0.1) is 11.3 Å². The van der Waals surface area contributed by atoms with E-state index in [0.717, 1.165) is 0 Å². The van der Waals surface area contributed by atoms with E-state index in [4.69, 9.17) is 15.5 Å².